The van der Waals surface area contributed by atoms with Gasteiger partial charge < -0.3 is 4.90 Å². The van der Waals surface area contributed by atoms with Gasteiger partial charge in [0.1, 0.15) is 0 Å². The van der Waals surface area contributed by atoms with E-state index in [4.69, 9.17) is 0 Å². The summed E-state index contributed by atoms with van der Waals surface area (Å²) in [6.07, 6.45) is 9.29. The number of nitrogens with zero attached hydrogens (tertiary/aromatic N) is 1. The summed E-state index contributed by atoms with van der Waals surface area (Å²) in [5, 5.41) is 0. The molecule has 1 amide bonds. The standard InChI is InChI=1S/C15H29NO/c1-15(2,3)11-7-4-6-10-14(17)16-12-8-5-9-13-16/h4-13H2,1-3H3. The van der Waals surface area contributed by atoms with E-state index in [-0.39, 0.29) is 0 Å². The highest BCUT2D eigenvalue weighted by Gasteiger charge is 2.15. The van der Waals surface area contributed by atoms with Crippen molar-refractivity contribution in [2.24, 2.45) is 5.41 Å². The molecule has 0 aromatic rings. The number of amides is 1. The van der Waals surface area contributed by atoms with E-state index in [0.29, 0.717) is 11.3 Å². The number of carbonyl (C=O) groups excluding carboxylic acids is 1. The maximum Gasteiger partial charge on any atom is 0.222 e. The molecule has 2 nitrogen and oxygen atoms in total. The molecule has 100 valence electrons. The van der Waals surface area contributed by atoms with Crippen molar-refractivity contribution >= 4 is 5.91 Å². The molecule has 0 bridgehead atoms. The molecule has 0 unspecified atom stereocenters. The van der Waals surface area contributed by atoms with Crippen LogP contribution in [0.25, 0.3) is 0 Å². The van der Waals surface area contributed by atoms with Gasteiger partial charge in [-0.15, -0.1) is 0 Å². The number of likely N-dealkylation sites (tertiary alicyclic amines) is 1. The summed E-state index contributed by atoms with van der Waals surface area (Å²) in [5.41, 5.74) is 0.441. The van der Waals surface area contributed by atoms with E-state index < -0.39 is 0 Å². The smallest absolute Gasteiger partial charge is 0.222 e. The predicted molar refractivity (Wildman–Crippen MR) is 73.0 cm³/mol. The number of rotatable bonds is 5. The largest absolute Gasteiger partial charge is 0.343 e. The Morgan fingerprint density at radius 3 is 2.24 bits per heavy atom. The van der Waals surface area contributed by atoms with Crippen molar-refractivity contribution < 1.29 is 4.79 Å². The van der Waals surface area contributed by atoms with E-state index >= 15 is 0 Å². The second kappa shape index (κ2) is 7.03. The van der Waals surface area contributed by atoms with Gasteiger partial charge in [0, 0.05) is 19.5 Å². The highest BCUT2D eigenvalue weighted by atomic mass is 16.2. The summed E-state index contributed by atoms with van der Waals surface area (Å²) in [6.45, 7) is 8.85. The summed E-state index contributed by atoms with van der Waals surface area (Å²) >= 11 is 0. The van der Waals surface area contributed by atoms with Crippen LogP contribution in [-0.2, 0) is 4.79 Å². The molecule has 1 heterocycles. The summed E-state index contributed by atoms with van der Waals surface area (Å²) in [5.74, 6) is 0.389. The van der Waals surface area contributed by atoms with Crippen molar-refractivity contribution in [3.63, 3.8) is 0 Å². The van der Waals surface area contributed by atoms with Gasteiger partial charge in [0.05, 0.1) is 0 Å². The molecule has 0 saturated carbocycles. The zero-order valence-corrected chi connectivity index (χ0v) is 11.9. The second-order valence-corrected chi connectivity index (χ2v) is 6.56. The van der Waals surface area contributed by atoms with Crippen molar-refractivity contribution in [3.05, 3.63) is 0 Å². The fraction of sp³-hybridized carbons (Fsp3) is 0.933. The fourth-order valence-electron chi connectivity index (χ4n) is 2.41. The van der Waals surface area contributed by atoms with Gasteiger partial charge >= 0.3 is 0 Å². The molecule has 0 aromatic carbocycles. The van der Waals surface area contributed by atoms with Crippen LogP contribution < -0.4 is 0 Å². The monoisotopic (exact) mass is 239 g/mol. The first kappa shape index (κ1) is 14.5. The van der Waals surface area contributed by atoms with Gasteiger partial charge in [-0.05, 0) is 37.5 Å². The summed E-state index contributed by atoms with van der Waals surface area (Å²) in [6, 6.07) is 0. The lowest BCUT2D eigenvalue weighted by atomic mass is 9.89. The Balaban J connectivity index is 2.04. The van der Waals surface area contributed by atoms with Gasteiger partial charge in [-0.25, -0.2) is 0 Å². The molecular formula is C15H29NO. The molecule has 1 rings (SSSR count). The normalized spacial score (nSPS) is 17.2. The van der Waals surface area contributed by atoms with Crippen LogP contribution in [0.2, 0.25) is 0 Å². The minimum absolute atomic E-state index is 0.389. The highest BCUT2D eigenvalue weighted by Crippen LogP contribution is 2.22. The average Bonchev–Trinajstić information content (AvgIpc) is 2.28. The third-order valence-corrected chi connectivity index (χ3v) is 3.53. The van der Waals surface area contributed by atoms with Gasteiger partial charge in [-0.2, -0.15) is 0 Å². The lowest BCUT2D eigenvalue weighted by Gasteiger charge is -2.26. The van der Waals surface area contributed by atoms with Crippen LogP contribution in [0.5, 0.6) is 0 Å². The van der Waals surface area contributed by atoms with Crippen LogP contribution >= 0.6 is 0 Å². The quantitative estimate of drug-likeness (QED) is 0.664. The third kappa shape index (κ3) is 6.70. The van der Waals surface area contributed by atoms with Gasteiger partial charge in [0.15, 0.2) is 0 Å². The Hall–Kier alpha value is -0.530. The summed E-state index contributed by atoms with van der Waals surface area (Å²) in [7, 11) is 0. The molecule has 0 atom stereocenters. The zero-order valence-electron chi connectivity index (χ0n) is 11.9. The SMILES string of the molecule is CC(C)(C)CCCCCC(=O)N1CCCCC1. The van der Waals surface area contributed by atoms with Crippen molar-refractivity contribution in [1.82, 2.24) is 4.90 Å². The van der Waals surface area contributed by atoms with Crippen LogP contribution in [0.15, 0.2) is 0 Å². The van der Waals surface area contributed by atoms with Crippen molar-refractivity contribution in [2.75, 3.05) is 13.1 Å². The molecule has 0 spiro atoms. The first-order chi connectivity index (χ1) is 7.99. The van der Waals surface area contributed by atoms with Crippen LogP contribution in [0.1, 0.15) is 72.1 Å². The minimum atomic E-state index is 0.389. The minimum Gasteiger partial charge on any atom is -0.343 e. The molecule has 0 radical (unpaired) electrons. The topological polar surface area (TPSA) is 20.3 Å². The van der Waals surface area contributed by atoms with Crippen LogP contribution in [0.4, 0.5) is 0 Å². The molecule has 0 aliphatic carbocycles. The number of carbonyl (C=O) groups is 1. The first-order valence-electron chi connectivity index (χ1n) is 7.27. The van der Waals surface area contributed by atoms with Gasteiger partial charge in [-0.3, -0.25) is 4.79 Å². The molecule has 2 heteroatoms. The van der Waals surface area contributed by atoms with E-state index in [9.17, 15) is 4.79 Å². The molecular weight excluding hydrogens is 210 g/mol. The van der Waals surface area contributed by atoms with Crippen molar-refractivity contribution in [1.29, 1.82) is 0 Å². The van der Waals surface area contributed by atoms with Gasteiger partial charge in [-0.1, -0.05) is 33.6 Å². The second-order valence-electron chi connectivity index (χ2n) is 6.56. The maximum atomic E-state index is 11.9. The number of hydrogen-bond donors (Lipinski definition) is 0. The van der Waals surface area contributed by atoms with E-state index in [1.165, 1.54) is 38.5 Å². The summed E-state index contributed by atoms with van der Waals surface area (Å²) < 4.78 is 0. The Kier molecular flexibility index (Phi) is 6.01. The predicted octanol–water partition coefficient (Wildman–Crippen LogP) is 4.00. The molecule has 1 aliphatic rings. The number of piperidine rings is 1. The molecule has 0 N–H and O–H groups in total. The maximum absolute atomic E-state index is 11.9. The van der Waals surface area contributed by atoms with Crippen LogP contribution in [0.3, 0.4) is 0 Å². The Bertz CT molecular complexity index is 224. The number of hydrogen-bond acceptors (Lipinski definition) is 1. The Labute approximate surface area is 107 Å². The summed E-state index contributed by atoms with van der Waals surface area (Å²) in [4.78, 5) is 13.9. The van der Waals surface area contributed by atoms with Gasteiger partial charge in [0.2, 0.25) is 5.91 Å². The zero-order chi connectivity index (χ0) is 12.7. The highest BCUT2D eigenvalue weighted by molar-refractivity contribution is 5.76. The van der Waals surface area contributed by atoms with Crippen LogP contribution in [0, 0.1) is 5.41 Å². The lowest BCUT2D eigenvalue weighted by molar-refractivity contribution is -0.132. The van der Waals surface area contributed by atoms with E-state index in [1.54, 1.807) is 0 Å². The molecule has 1 saturated heterocycles. The van der Waals surface area contributed by atoms with Gasteiger partial charge in [0.25, 0.3) is 0 Å². The third-order valence-electron chi connectivity index (χ3n) is 3.53. The Morgan fingerprint density at radius 2 is 1.65 bits per heavy atom. The molecule has 1 fully saturated rings. The fourth-order valence-corrected chi connectivity index (χ4v) is 2.41. The van der Waals surface area contributed by atoms with E-state index in [1.807, 2.05) is 0 Å². The average molecular weight is 239 g/mol. The molecule has 1 aliphatic heterocycles. The molecule has 17 heavy (non-hydrogen) atoms. The van der Waals surface area contributed by atoms with Crippen molar-refractivity contribution in [2.45, 2.75) is 72.1 Å². The van der Waals surface area contributed by atoms with Crippen molar-refractivity contribution in [3.8, 4) is 0 Å². The number of unbranched alkanes of at least 4 members (excludes halogenated alkanes) is 2. The van der Waals surface area contributed by atoms with E-state index in [0.717, 1.165) is 25.9 Å². The Morgan fingerprint density at radius 1 is 1.00 bits per heavy atom. The van der Waals surface area contributed by atoms with Crippen LogP contribution in [-0.4, -0.2) is 23.9 Å². The molecule has 0 aromatic heterocycles. The lowest BCUT2D eigenvalue weighted by Crippen LogP contribution is -2.35. The van der Waals surface area contributed by atoms with E-state index in [2.05, 4.69) is 25.7 Å². The first-order valence-corrected chi connectivity index (χ1v) is 7.27.